The van der Waals surface area contributed by atoms with Gasteiger partial charge in [0, 0.05) is 30.1 Å². The molecule has 0 saturated carbocycles. The molecule has 0 fully saturated rings. The number of hydrogen-bond acceptors (Lipinski definition) is 5. The Balaban J connectivity index is 1.74. The summed E-state index contributed by atoms with van der Waals surface area (Å²) in [6, 6.07) is 9.57. The smallest absolute Gasteiger partial charge is 0.416 e. The van der Waals surface area contributed by atoms with Crippen molar-refractivity contribution in [2.75, 3.05) is 24.6 Å². The molecular formula is C28H28F4N4O4. The Morgan fingerprint density at radius 3 is 2.42 bits per heavy atom. The van der Waals surface area contributed by atoms with E-state index in [0.717, 1.165) is 18.2 Å². The molecule has 2 aromatic carbocycles. The number of benzene rings is 2. The number of halogens is 4. The van der Waals surface area contributed by atoms with Gasteiger partial charge in [0.1, 0.15) is 18.2 Å². The van der Waals surface area contributed by atoms with Crippen LogP contribution in [0, 0.1) is 18.7 Å². The summed E-state index contributed by atoms with van der Waals surface area (Å²) in [7, 11) is 0. The van der Waals surface area contributed by atoms with E-state index in [1.807, 2.05) is 0 Å². The predicted molar refractivity (Wildman–Crippen MR) is 137 cm³/mol. The van der Waals surface area contributed by atoms with E-state index in [9.17, 15) is 31.9 Å². The standard InChI is InChI=1S/C28H28F4N4O4/c1-4-35-26-23(16(3)34-36(26)15-22(37)40-5-2)24(17-9-11-20(29)12-10-17)21(27(35)39)14-33-25(38)18-7-6-8-19(13-18)28(30,31)32/h6-13,21,24H,4-5,14-15H2,1-3H3,(H,33,38)/t21-,24+/m0/s1. The quantitative estimate of drug-likeness (QED) is 0.325. The summed E-state index contributed by atoms with van der Waals surface area (Å²) in [5, 5.41) is 7.11. The Hall–Kier alpha value is -4.22. The summed E-state index contributed by atoms with van der Waals surface area (Å²) < 4.78 is 59.8. The number of anilines is 1. The minimum atomic E-state index is -4.62. The number of alkyl halides is 3. The van der Waals surface area contributed by atoms with Crippen LogP contribution in [0.25, 0.3) is 0 Å². The van der Waals surface area contributed by atoms with Gasteiger partial charge < -0.3 is 10.1 Å². The van der Waals surface area contributed by atoms with Gasteiger partial charge in [0.05, 0.1) is 23.8 Å². The zero-order valence-corrected chi connectivity index (χ0v) is 22.1. The summed E-state index contributed by atoms with van der Waals surface area (Å²) in [5.74, 6) is -3.38. The maximum absolute atomic E-state index is 13.9. The molecular weight excluding hydrogens is 532 g/mol. The van der Waals surface area contributed by atoms with E-state index in [0.29, 0.717) is 22.6 Å². The maximum Gasteiger partial charge on any atom is 0.416 e. The van der Waals surface area contributed by atoms with Crippen LogP contribution in [0.4, 0.5) is 23.4 Å². The molecule has 40 heavy (non-hydrogen) atoms. The molecule has 1 aromatic heterocycles. The third-order valence-electron chi connectivity index (χ3n) is 6.76. The summed E-state index contributed by atoms with van der Waals surface area (Å²) in [4.78, 5) is 40.5. The normalized spacial score (nSPS) is 17.0. The van der Waals surface area contributed by atoms with E-state index in [1.54, 1.807) is 20.8 Å². The van der Waals surface area contributed by atoms with Gasteiger partial charge in [0.25, 0.3) is 5.91 Å². The molecule has 212 valence electrons. The van der Waals surface area contributed by atoms with E-state index >= 15 is 0 Å². The minimum absolute atomic E-state index is 0.170. The molecule has 3 aromatic rings. The highest BCUT2D eigenvalue weighted by Crippen LogP contribution is 2.45. The summed E-state index contributed by atoms with van der Waals surface area (Å²) >= 11 is 0. The van der Waals surface area contributed by atoms with Crippen molar-refractivity contribution in [3.8, 4) is 0 Å². The second kappa shape index (κ2) is 11.5. The van der Waals surface area contributed by atoms with Gasteiger partial charge in [-0.3, -0.25) is 19.3 Å². The van der Waals surface area contributed by atoms with Crippen LogP contribution in [0.15, 0.2) is 48.5 Å². The van der Waals surface area contributed by atoms with Crippen molar-refractivity contribution in [2.45, 2.75) is 39.4 Å². The molecule has 2 atom stereocenters. The second-order valence-electron chi connectivity index (χ2n) is 9.29. The van der Waals surface area contributed by atoms with Crippen molar-refractivity contribution in [1.82, 2.24) is 15.1 Å². The van der Waals surface area contributed by atoms with Crippen LogP contribution in [0.5, 0.6) is 0 Å². The Labute approximate surface area is 227 Å². The summed E-state index contributed by atoms with van der Waals surface area (Å²) in [5.41, 5.74) is 0.542. The molecule has 0 aliphatic carbocycles. The number of aromatic nitrogens is 2. The number of hydrogen-bond donors (Lipinski definition) is 1. The average molecular weight is 561 g/mol. The van der Waals surface area contributed by atoms with Crippen molar-refractivity contribution in [2.24, 2.45) is 5.92 Å². The summed E-state index contributed by atoms with van der Waals surface area (Å²) in [6.07, 6.45) is -4.62. The number of nitrogens with zero attached hydrogens (tertiary/aromatic N) is 3. The topological polar surface area (TPSA) is 93.5 Å². The number of rotatable bonds is 8. The molecule has 0 saturated heterocycles. The molecule has 0 radical (unpaired) electrons. The van der Waals surface area contributed by atoms with Gasteiger partial charge in [-0.2, -0.15) is 18.3 Å². The van der Waals surface area contributed by atoms with Crippen LogP contribution in [0.2, 0.25) is 0 Å². The van der Waals surface area contributed by atoms with Crippen molar-refractivity contribution < 1.29 is 36.7 Å². The molecule has 8 nitrogen and oxygen atoms in total. The van der Waals surface area contributed by atoms with Gasteiger partial charge in [0.2, 0.25) is 5.91 Å². The molecule has 1 aliphatic heterocycles. The van der Waals surface area contributed by atoms with Crippen molar-refractivity contribution in [1.29, 1.82) is 0 Å². The monoisotopic (exact) mass is 560 g/mol. The van der Waals surface area contributed by atoms with Gasteiger partial charge in [0.15, 0.2) is 0 Å². The minimum Gasteiger partial charge on any atom is -0.465 e. The average Bonchev–Trinajstić information content (AvgIpc) is 3.22. The SMILES string of the molecule is CCOC(=O)Cn1nc(C)c2c1N(CC)C(=O)[C@@H](CNC(=O)c1cccc(C(F)(F)F)c1)[C@H]2c1ccc(F)cc1. The highest BCUT2D eigenvalue weighted by molar-refractivity contribution is 6.00. The first-order valence-electron chi connectivity index (χ1n) is 12.7. The molecule has 0 unspecified atom stereocenters. The number of esters is 1. The zero-order chi connectivity index (χ0) is 29.2. The van der Waals surface area contributed by atoms with Crippen LogP contribution in [-0.4, -0.2) is 47.3 Å². The highest BCUT2D eigenvalue weighted by Gasteiger charge is 2.44. The molecule has 2 heterocycles. The van der Waals surface area contributed by atoms with Crippen LogP contribution in [0.3, 0.4) is 0 Å². The van der Waals surface area contributed by atoms with Crippen molar-refractivity contribution in [3.05, 3.63) is 82.3 Å². The largest absolute Gasteiger partial charge is 0.465 e. The van der Waals surface area contributed by atoms with Crippen LogP contribution in [0.1, 0.15) is 52.5 Å². The first-order chi connectivity index (χ1) is 19.0. The number of ether oxygens (including phenoxy) is 1. The Morgan fingerprint density at radius 1 is 1.10 bits per heavy atom. The van der Waals surface area contributed by atoms with E-state index in [4.69, 9.17) is 4.74 Å². The maximum atomic E-state index is 13.9. The van der Waals surface area contributed by atoms with Gasteiger partial charge in [-0.1, -0.05) is 18.2 Å². The molecule has 1 N–H and O–H groups in total. The zero-order valence-electron chi connectivity index (χ0n) is 22.1. The van der Waals surface area contributed by atoms with E-state index in [1.165, 1.54) is 39.9 Å². The van der Waals surface area contributed by atoms with E-state index < -0.39 is 47.2 Å². The molecule has 4 rings (SSSR count). The molecule has 1 aliphatic rings. The van der Waals surface area contributed by atoms with E-state index in [-0.39, 0.29) is 31.8 Å². The molecule has 0 spiro atoms. The third-order valence-corrected chi connectivity index (χ3v) is 6.76. The Kier molecular flexibility index (Phi) is 8.26. The van der Waals surface area contributed by atoms with Gasteiger partial charge in [-0.05, 0) is 56.7 Å². The number of aryl methyl sites for hydroxylation is 1. The molecule has 2 amide bonds. The van der Waals surface area contributed by atoms with Crippen LogP contribution < -0.4 is 10.2 Å². The first-order valence-corrected chi connectivity index (χ1v) is 12.7. The lowest BCUT2D eigenvalue weighted by molar-refractivity contribution is -0.144. The van der Waals surface area contributed by atoms with Crippen molar-refractivity contribution >= 4 is 23.6 Å². The predicted octanol–water partition coefficient (Wildman–Crippen LogP) is 4.46. The molecule has 0 bridgehead atoms. The number of amides is 2. The highest BCUT2D eigenvalue weighted by atomic mass is 19.4. The lowest BCUT2D eigenvalue weighted by atomic mass is 9.77. The number of carbonyl (C=O) groups is 3. The molecule has 12 heteroatoms. The number of fused-ring (bicyclic) bond motifs is 1. The van der Waals surface area contributed by atoms with E-state index in [2.05, 4.69) is 10.4 Å². The fourth-order valence-electron chi connectivity index (χ4n) is 5.04. The third kappa shape index (κ3) is 5.70. The lowest BCUT2D eigenvalue weighted by Crippen LogP contribution is -2.49. The van der Waals surface area contributed by atoms with Crippen LogP contribution >= 0.6 is 0 Å². The lowest BCUT2D eigenvalue weighted by Gasteiger charge is -2.38. The van der Waals surface area contributed by atoms with Gasteiger partial charge in [-0.15, -0.1) is 0 Å². The second-order valence-corrected chi connectivity index (χ2v) is 9.29. The fraction of sp³-hybridized carbons (Fsp3) is 0.357. The fourth-order valence-corrected chi connectivity index (χ4v) is 5.04. The van der Waals surface area contributed by atoms with Crippen molar-refractivity contribution in [3.63, 3.8) is 0 Å². The first kappa shape index (κ1) is 28.8. The summed E-state index contributed by atoms with van der Waals surface area (Å²) in [6.45, 7) is 5.08. The number of nitrogens with one attached hydrogen (secondary N) is 1. The number of carbonyl (C=O) groups excluding carboxylic acids is 3. The Morgan fingerprint density at radius 2 is 1.80 bits per heavy atom. The van der Waals surface area contributed by atoms with Gasteiger partial charge in [-0.25, -0.2) is 9.07 Å². The van der Waals surface area contributed by atoms with Gasteiger partial charge >= 0.3 is 12.1 Å². The Bertz CT molecular complexity index is 1420. The van der Waals surface area contributed by atoms with Crippen LogP contribution in [-0.2, 0) is 27.0 Å².